The summed E-state index contributed by atoms with van der Waals surface area (Å²) in [7, 11) is 0. The summed E-state index contributed by atoms with van der Waals surface area (Å²) in [6.07, 6.45) is 1.34. The van der Waals surface area contributed by atoms with Crippen LogP contribution in [0.15, 0.2) is 66.2 Å². The molecular formula is C25H17Cl3N2O4. The second-order valence-corrected chi connectivity index (χ2v) is 8.78. The minimum atomic E-state index is -0.822. The summed E-state index contributed by atoms with van der Waals surface area (Å²) in [4.78, 5) is 39.1. The van der Waals surface area contributed by atoms with Gasteiger partial charge in [-0.15, -0.1) is 0 Å². The number of hydrogen-bond acceptors (Lipinski definition) is 4. The zero-order valence-corrected chi connectivity index (χ0v) is 20.0. The van der Waals surface area contributed by atoms with Crippen molar-refractivity contribution in [3.05, 3.63) is 98.0 Å². The van der Waals surface area contributed by atoms with Crippen LogP contribution < -0.4 is 15.0 Å². The van der Waals surface area contributed by atoms with Crippen LogP contribution in [0.4, 0.5) is 10.5 Å². The molecule has 0 bridgehead atoms. The van der Waals surface area contributed by atoms with Crippen LogP contribution in [0.1, 0.15) is 16.7 Å². The van der Waals surface area contributed by atoms with E-state index in [0.717, 1.165) is 10.5 Å². The maximum atomic E-state index is 13.2. The van der Waals surface area contributed by atoms with Gasteiger partial charge in [0.25, 0.3) is 11.8 Å². The van der Waals surface area contributed by atoms with Crippen molar-refractivity contribution in [2.45, 2.75) is 13.5 Å². The van der Waals surface area contributed by atoms with Gasteiger partial charge in [0.1, 0.15) is 17.9 Å². The molecular weight excluding hydrogens is 499 g/mol. The number of nitrogens with one attached hydrogen (secondary N) is 1. The van der Waals surface area contributed by atoms with Gasteiger partial charge in [0.05, 0.1) is 5.69 Å². The van der Waals surface area contributed by atoms with Crippen LogP contribution in [-0.2, 0) is 16.2 Å². The molecule has 1 fully saturated rings. The van der Waals surface area contributed by atoms with E-state index in [4.69, 9.17) is 39.5 Å². The third-order valence-electron chi connectivity index (χ3n) is 5.03. The number of amides is 4. The molecule has 6 nitrogen and oxygen atoms in total. The highest BCUT2D eigenvalue weighted by Gasteiger charge is 2.37. The largest absolute Gasteiger partial charge is 0.488 e. The Morgan fingerprint density at radius 2 is 1.68 bits per heavy atom. The van der Waals surface area contributed by atoms with Crippen molar-refractivity contribution in [2.24, 2.45) is 0 Å². The summed E-state index contributed by atoms with van der Waals surface area (Å²) < 4.78 is 5.90. The number of urea groups is 1. The Morgan fingerprint density at radius 3 is 2.41 bits per heavy atom. The quantitative estimate of drug-likeness (QED) is 0.324. The molecule has 1 aliphatic rings. The number of benzene rings is 3. The maximum Gasteiger partial charge on any atom is 0.335 e. The van der Waals surface area contributed by atoms with Gasteiger partial charge in [-0.2, -0.15) is 0 Å². The third-order valence-corrected chi connectivity index (χ3v) is 5.85. The highest BCUT2D eigenvalue weighted by atomic mass is 35.5. The number of imide groups is 2. The normalized spacial score (nSPS) is 15.0. The number of barbiturate groups is 1. The zero-order chi connectivity index (χ0) is 24.4. The van der Waals surface area contributed by atoms with Crippen LogP contribution in [-0.4, -0.2) is 17.8 Å². The van der Waals surface area contributed by atoms with E-state index in [1.165, 1.54) is 6.08 Å². The summed E-state index contributed by atoms with van der Waals surface area (Å²) in [6, 6.07) is 15.8. The van der Waals surface area contributed by atoms with E-state index < -0.39 is 17.8 Å². The van der Waals surface area contributed by atoms with E-state index in [9.17, 15) is 14.4 Å². The molecule has 0 aromatic heterocycles. The zero-order valence-electron chi connectivity index (χ0n) is 17.8. The molecule has 1 aliphatic heterocycles. The fourth-order valence-corrected chi connectivity index (χ4v) is 4.02. The first-order chi connectivity index (χ1) is 16.2. The van der Waals surface area contributed by atoms with Crippen LogP contribution in [0.3, 0.4) is 0 Å². The Hall–Kier alpha value is -3.32. The Labute approximate surface area is 210 Å². The lowest BCUT2D eigenvalue weighted by Gasteiger charge is -2.26. The summed E-state index contributed by atoms with van der Waals surface area (Å²) in [5, 5.41) is 3.52. The molecule has 3 aromatic rings. The van der Waals surface area contributed by atoms with Crippen LogP contribution in [0, 0.1) is 6.92 Å². The van der Waals surface area contributed by atoms with Gasteiger partial charge in [-0.1, -0.05) is 53.0 Å². The fourth-order valence-electron chi connectivity index (χ4n) is 3.37. The monoisotopic (exact) mass is 514 g/mol. The first-order valence-corrected chi connectivity index (χ1v) is 11.2. The average Bonchev–Trinajstić information content (AvgIpc) is 2.77. The van der Waals surface area contributed by atoms with E-state index in [0.29, 0.717) is 37.6 Å². The molecule has 1 N–H and O–H groups in total. The number of ether oxygens (including phenoxy) is 1. The number of aryl methyl sites for hydroxylation is 1. The molecule has 0 unspecified atom stereocenters. The predicted octanol–water partition coefficient (Wildman–Crippen LogP) is 6.20. The number of nitrogens with zero attached hydrogens (tertiary/aromatic N) is 1. The van der Waals surface area contributed by atoms with Gasteiger partial charge >= 0.3 is 6.03 Å². The minimum absolute atomic E-state index is 0.113. The lowest BCUT2D eigenvalue weighted by Crippen LogP contribution is -2.54. The lowest BCUT2D eigenvalue weighted by atomic mass is 10.1. The first-order valence-electron chi connectivity index (χ1n) is 10.1. The lowest BCUT2D eigenvalue weighted by molar-refractivity contribution is -0.122. The van der Waals surface area contributed by atoms with Crippen molar-refractivity contribution < 1.29 is 19.1 Å². The Balaban J connectivity index is 1.68. The molecule has 0 atom stereocenters. The summed E-state index contributed by atoms with van der Waals surface area (Å²) in [5.74, 6) is -1.21. The molecule has 3 aromatic carbocycles. The summed E-state index contributed by atoms with van der Waals surface area (Å²) >= 11 is 18.3. The maximum absolute atomic E-state index is 13.2. The van der Waals surface area contributed by atoms with Crippen molar-refractivity contribution >= 4 is 64.4 Å². The van der Waals surface area contributed by atoms with E-state index in [-0.39, 0.29) is 12.2 Å². The number of carbonyl (C=O) groups excluding carboxylic acids is 3. The SMILES string of the molecule is Cc1cccc(N2C(=O)NC(=O)/C(=C\c3cc(Cl)ccc3OCc3ccc(Cl)cc3Cl)C2=O)c1. The molecule has 1 heterocycles. The van der Waals surface area contributed by atoms with Crippen molar-refractivity contribution in [3.63, 3.8) is 0 Å². The molecule has 0 spiro atoms. The Morgan fingerprint density at radius 1 is 0.941 bits per heavy atom. The van der Waals surface area contributed by atoms with Gasteiger partial charge in [-0.05, 0) is 61.0 Å². The van der Waals surface area contributed by atoms with E-state index in [1.54, 1.807) is 54.6 Å². The molecule has 0 aliphatic carbocycles. The second-order valence-electron chi connectivity index (χ2n) is 7.50. The minimum Gasteiger partial charge on any atom is -0.488 e. The van der Waals surface area contributed by atoms with Crippen LogP contribution in [0.2, 0.25) is 15.1 Å². The van der Waals surface area contributed by atoms with Crippen LogP contribution in [0.5, 0.6) is 5.75 Å². The topological polar surface area (TPSA) is 75.7 Å². The number of rotatable bonds is 5. The van der Waals surface area contributed by atoms with E-state index in [2.05, 4.69) is 5.32 Å². The molecule has 4 rings (SSSR count). The number of anilines is 1. The van der Waals surface area contributed by atoms with Crippen molar-refractivity contribution in [1.82, 2.24) is 5.32 Å². The van der Waals surface area contributed by atoms with Crippen LogP contribution in [0.25, 0.3) is 6.08 Å². The van der Waals surface area contributed by atoms with Gasteiger partial charge in [0.15, 0.2) is 0 Å². The molecule has 34 heavy (non-hydrogen) atoms. The summed E-state index contributed by atoms with van der Waals surface area (Å²) in [5.41, 5.74) is 2.04. The first kappa shape index (κ1) is 23.8. The van der Waals surface area contributed by atoms with Gasteiger partial charge in [-0.25, -0.2) is 9.69 Å². The van der Waals surface area contributed by atoms with Gasteiger partial charge in [0, 0.05) is 26.2 Å². The smallest absolute Gasteiger partial charge is 0.335 e. The molecule has 9 heteroatoms. The number of hydrogen-bond donors (Lipinski definition) is 1. The van der Waals surface area contributed by atoms with E-state index >= 15 is 0 Å². The summed E-state index contributed by atoms with van der Waals surface area (Å²) in [6.45, 7) is 1.95. The molecule has 4 amide bonds. The molecule has 172 valence electrons. The predicted molar refractivity (Wildman–Crippen MR) is 132 cm³/mol. The highest BCUT2D eigenvalue weighted by Crippen LogP contribution is 2.30. The highest BCUT2D eigenvalue weighted by molar-refractivity contribution is 6.39. The number of halogens is 3. The van der Waals surface area contributed by atoms with Gasteiger partial charge < -0.3 is 4.74 Å². The van der Waals surface area contributed by atoms with Crippen molar-refractivity contribution in [1.29, 1.82) is 0 Å². The third kappa shape index (κ3) is 5.09. The van der Waals surface area contributed by atoms with Crippen molar-refractivity contribution in [2.75, 3.05) is 4.90 Å². The Bertz CT molecular complexity index is 1350. The fraction of sp³-hybridized carbons (Fsp3) is 0.0800. The average molecular weight is 516 g/mol. The second kappa shape index (κ2) is 9.89. The Kier molecular flexibility index (Phi) is 6.93. The van der Waals surface area contributed by atoms with Crippen LogP contribution >= 0.6 is 34.8 Å². The molecule has 1 saturated heterocycles. The number of carbonyl (C=O) groups is 3. The molecule has 0 radical (unpaired) electrons. The van der Waals surface area contributed by atoms with Gasteiger partial charge in [-0.3, -0.25) is 14.9 Å². The van der Waals surface area contributed by atoms with Gasteiger partial charge in [0.2, 0.25) is 0 Å². The molecule has 0 saturated carbocycles. The van der Waals surface area contributed by atoms with E-state index in [1.807, 2.05) is 13.0 Å². The standard InChI is InChI=1S/C25H17Cl3N2O4/c1-14-3-2-4-19(9-14)30-24(32)20(23(31)29-25(30)33)11-16-10-17(26)7-8-22(16)34-13-15-5-6-18(27)12-21(15)28/h2-12H,13H2,1H3,(H,29,31,33)/b20-11+. The van der Waals surface area contributed by atoms with Crippen molar-refractivity contribution in [3.8, 4) is 5.75 Å².